The van der Waals surface area contributed by atoms with E-state index in [1.807, 2.05) is 0 Å². The minimum atomic E-state index is -0.468. The standard InChI is InChI=1S/C11H7Cl2N3O2/c12-7-1-8(13)10(17)9(2-7)16-11(18)6-3-14-5-15-4-6/h1-5,17H,(H,16,18). The number of benzene rings is 1. The number of phenols is 1. The van der Waals surface area contributed by atoms with E-state index in [0.717, 1.165) is 0 Å². The van der Waals surface area contributed by atoms with Crippen LogP contribution in [0.1, 0.15) is 10.4 Å². The monoisotopic (exact) mass is 283 g/mol. The number of amides is 1. The second-order valence-electron chi connectivity index (χ2n) is 3.37. The van der Waals surface area contributed by atoms with Gasteiger partial charge < -0.3 is 10.4 Å². The van der Waals surface area contributed by atoms with Crippen LogP contribution in [0.25, 0.3) is 0 Å². The van der Waals surface area contributed by atoms with Crippen LogP contribution in [0.3, 0.4) is 0 Å². The van der Waals surface area contributed by atoms with E-state index in [4.69, 9.17) is 23.2 Å². The molecule has 18 heavy (non-hydrogen) atoms. The maximum atomic E-state index is 11.8. The first-order chi connectivity index (χ1) is 8.58. The highest BCUT2D eigenvalue weighted by molar-refractivity contribution is 6.36. The molecule has 1 aromatic heterocycles. The van der Waals surface area contributed by atoms with Gasteiger partial charge in [-0.3, -0.25) is 4.79 Å². The van der Waals surface area contributed by atoms with Crippen molar-refractivity contribution in [1.82, 2.24) is 9.97 Å². The molecule has 0 saturated heterocycles. The van der Waals surface area contributed by atoms with Gasteiger partial charge in [-0.05, 0) is 12.1 Å². The predicted molar refractivity (Wildman–Crippen MR) is 68.1 cm³/mol. The largest absolute Gasteiger partial charge is 0.504 e. The van der Waals surface area contributed by atoms with E-state index in [1.54, 1.807) is 0 Å². The summed E-state index contributed by atoms with van der Waals surface area (Å²) in [5.74, 6) is -0.713. The van der Waals surface area contributed by atoms with Crippen LogP contribution in [0.15, 0.2) is 30.9 Å². The Morgan fingerprint density at radius 1 is 1.22 bits per heavy atom. The first-order valence-corrected chi connectivity index (χ1v) is 5.58. The molecule has 0 aliphatic carbocycles. The Morgan fingerprint density at radius 2 is 1.89 bits per heavy atom. The molecule has 1 aromatic carbocycles. The van der Waals surface area contributed by atoms with Gasteiger partial charge >= 0.3 is 0 Å². The van der Waals surface area contributed by atoms with Crippen molar-refractivity contribution in [2.45, 2.75) is 0 Å². The van der Waals surface area contributed by atoms with Crippen LogP contribution in [0.4, 0.5) is 5.69 Å². The lowest BCUT2D eigenvalue weighted by Gasteiger charge is -2.08. The quantitative estimate of drug-likeness (QED) is 0.831. The van der Waals surface area contributed by atoms with Crippen LogP contribution < -0.4 is 5.32 Å². The van der Waals surface area contributed by atoms with Gasteiger partial charge in [-0.1, -0.05) is 23.2 Å². The summed E-state index contributed by atoms with van der Waals surface area (Å²) in [6, 6.07) is 2.77. The Bertz CT molecular complexity index is 590. The highest BCUT2D eigenvalue weighted by Crippen LogP contribution is 2.35. The minimum absolute atomic E-state index is 0.0575. The second-order valence-corrected chi connectivity index (χ2v) is 4.21. The molecule has 0 atom stereocenters. The van der Waals surface area contributed by atoms with Gasteiger partial charge in [0, 0.05) is 17.4 Å². The third-order valence-electron chi connectivity index (χ3n) is 2.10. The van der Waals surface area contributed by atoms with Crippen molar-refractivity contribution in [2.24, 2.45) is 0 Å². The molecule has 0 fully saturated rings. The first kappa shape index (κ1) is 12.6. The summed E-state index contributed by atoms with van der Waals surface area (Å²) in [5, 5.41) is 12.5. The number of anilines is 1. The second kappa shape index (κ2) is 5.20. The number of rotatable bonds is 2. The van der Waals surface area contributed by atoms with E-state index in [0.29, 0.717) is 5.02 Å². The Kier molecular flexibility index (Phi) is 3.64. The maximum absolute atomic E-state index is 11.8. The molecule has 0 bridgehead atoms. The average molecular weight is 284 g/mol. The van der Waals surface area contributed by atoms with Crippen molar-refractivity contribution < 1.29 is 9.90 Å². The van der Waals surface area contributed by atoms with E-state index in [1.165, 1.54) is 30.9 Å². The molecule has 0 radical (unpaired) electrons. The van der Waals surface area contributed by atoms with E-state index in [9.17, 15) is 9.90 Å². The lowest BCUT2D eigenvalue weighted by molar-refractivity contribution is 0.102. The van der Waals surface area contributed by atoms with E-state index >= 15 is 0 Å². The van der Waals surface area contributed by atoms with Crippen LogP contribution in [0.5, 0.6) is 5.75 Å². The molecular formula is C11H7Cl2N3O2. The molecular weight excluding hydrogens is 277 g/mol. The number of hydrogen-bond acceptors (Lipinski definition) is 4. The van der Waals surface area contributed by atoms with Gasteiger partial charge in [-0.2, -0.15) is 0 Å². The molecule has 2 N–H and O–H groups in total. The van der Waals surface area contributed by atoms with E-state index < -0.39 is 5.91 Å². The fourth-order valence-electron chi connectivity index (χ4n) is 1.27. The van der Waals surface area contributed by atoms with Crippen LogP contribution in [-0.2, 0) is 0 Å². The van der Waals surface area contributed by atoms with Crippen molar-refractivity contribution in [1.29, 1.82) is 0 Å². The molecule has 0 aliphatic rings. The summed E-state index contributed by atoms with van der Waals surface area (Å²) in [6.45, 7) is 0. The van der Waals surface area contributed by atoms with Gasteiger partial charge in [0.15, 0.2) is 5.75 Å². The summed E-state index contributed by atoms with van der Waals surface area (Å²) >= 11 is 11.5. The summed E-state index contributed by atoms with van der Waals surface area (Å²) in [5.41, 5.74) is 0.384. The number of carbonyl (C=O) groups is 1. The molecule has 92 valence electrons. The van der Waals surface area contributed by atoms with Crippen molar-refractivity contribution >= 4 is 34.8 Å². The topological polar surface area (TPSA) is 75.1 Å². The number of aromatic nitrogens is 2. The molecule has 0 aliphatic heterocycles. The van der Waals surface area contributed by atoms with Gasteiger partial charge in [0.1, 0.15) is 6.33 Å². The lowest BCUT2D eigenvalue weighted by atomic mass is 10.2. The third kappa shape index (κ3) is 2.69. The minimum Gasteiger partial charge on any atom is -0.504 e. The SMILES string of the molecule is O=C(Nc1cc(Cl)cc(Cl)c1O)c1cncnc1. The van der Waals surface area contributed by atoms with E-state index in [-0.39, 0.29) is 22.0 Å². The molecule has 5 nitrogen and oxygen atoms in total. The summed E-state index contributed by atoms with van der Waals surface area (Å²) < 4.78 is 0. The van der Waals surface area contributed by atoms with Crippen molar-refractivity contribution in [2.75, 3.05) is 5.32 Å². The highest BCUT2D eigenvalue weighted by atomic mass is 35.5. The van der Waals surface area contributed by atoms with Gasteiger partial charge in [0.25, 0.3) is 5.91 Å². The smallest absolute Gasteiger partial charge is 0.258 e. The van der Waals surface area contributed by atoms with Crippen molar-refractivity contribution in [3.8, 4) is 5.75 Å². The molecule has 1 amide bonds. The zero-order valence-electron chi connectivity index (χ0n) is 8.89. The van der Waals surface area contributed by atoms with Crippen LogP contribution in [0, 0.1) is 0 Å². The molecule has 0 unspecified atom stereocenters. The number of halogens is 2. The van der Waals surface area contributed by atoms with Crippen LogP contribution >= 0.6 is 23.2 Å². The maximum Gasteiger partial charge on any atom is 0.258 e. The molecule has 1 heterocycles. The Morgan fingerprint density at radius 3 is 2.56 bits per heavy atom. The fraction of sp³-hybridized carbons (Fsp3) is 0. The molecule has 2 rings (SSSR count). The first-order valence-electron chi connectivity index (χ1n) is 4.82. The number of nitrogens with one attached hydrogen (secondary N) is 1. The van der Waals surface area contributed by atoms with Gasteiger partial charge in [0.2, 0.25) is 0 Å². The average Bonchev–Trinajstić information content (AvgIpc) is 2.36. The summed E-state index contributed by atoms with van der Waals surface area (Å²) in [4.78, 5) is 19.2. The van der Waals surface area contributed by atoms with Gasteiger partial charge in [-0.15, -0.1) is 0 Å². The fourth-order valence-corrected chi connectivity index (χ4v) is 1.77. The number of carbonyl (C=O) groups excluding carboxylic acids is 1. The van der Waals surface area contributed by atoms with E-state index in [2.05, 4.69) is 15.3 Å². The Labute approximate surface area is 112 Å². The predicted octanol–water partition coefficient (Wildman–Crippen LogP) is 2.74. The summed E-state index contributed by atoms with van der Waals surface area (Å²) in [6.07, 6.45) is 4.02. The lowest BCUT2D eigenvalue weighted by Crippen LogP contribution is -2.12. The van der Waals surface area contributed by atoms with Gasteiger partial charge in [-0.25, -0.2) is 9.97 Å². The van der Waals surface area contributed by atoms with Crippen LogP contribution in [-0.4, -0.2) is 21.0 Å². The van der Waals surface area contributed by atoms with Crippen LogP contribution in [0.2, 0.25) is 10.0 Å². The molecule has 7 heteroatoms. The molecule has 0 saturated carbocycles. The highest BCUT2D eigenvalue weighted by Gasteiger charge is 2.12. The number of aromatic hydroxyl groups is 1. The number of phenolic OH excluding ortho intramolecular Hbond substituents is 1. The Balaban J connectivity index is 2.28. The van der Waals surface area contributed by atoms with Crippen molar-refractivity contribution in [3.63, 3.8) is 0 Å². The summed E-state index contributed by atoms with van der Waals surface area (Å²) in [7, 11) is 0. The normalized spacial score (nSPS) is 10.1. The number of nitrogens with zero attached hydrogens (tertiary/aromatic N) is 2. The number of hydrogen-bond donors (Lipinski definition) is 2. The zero-order valence-corrected chi connectivity index (χ0v) is 10.4. The molecule has 0 spiro atoms. The molecule has 2 aromatic rings. The zero-order chi connectivity index (χ0) is 13.1. The third-order valence-corrected chi connectivity index (χ3v) is 2.61. The van der Waals surface area contributed by atoms with Gasteiger partial charge in [0.05, 0.1) is 16.3 Å². The van der Waals surface area contributed by atoms with Crippen molar-refractivity contribution in [3.05, 3.63) is 46.5 Å². The Hall–Kier alpha value is -1.85.